The number of carbonyl (C=O) groups is 2. The lowest BCUT2D eigenvalue weighted by atomic mass is 9.91. The summed E-state index contributed by atoms with van der Waals surface area (Å²) < 4.78 is 16.2. The van der Waals surface area contributed by atoms with E-state index in [-0.39, 0.29) is 18.6 Å². The number of carbonyl (C=O) groups excluding carboxylic acids is 2. The average Bonchev–Trinajstić information content (AvgIpc) is 3.21. The van der Waals surface area contributed by atoms with Gasteiger partial charge in [0.25, 0.3) is 5.91 Å². The van der Waals surface area contributed by atoms with Crippen molar-refractivity contribution in [1.29, 1.82) is 0 Å². The van der Waals surface area contributed by atoms with Crippen molar-refractivity contribution in [3.8, 4) is 17.2 Å². The largest absolute Gasteiger partial charge is 0.497 e. The van der Waals surface area contributed by atoms with E-state index in [2.05, 4.69) is 10.5 Å². The molecular weight excluding hydrogens is 426 g/mol. The quantitative estimate of drug-likeness (QED) is 0.511. The summed E-state index contributed by atoms with van der Waals surface area (Å²) in [7, 11) is 1.61. The fourth-order valence-corrected chi connectivity index (χ4v) is 3.78. The zero-order valence-corrected chi connectivity index (χ0v) is 18.7. The van der Waals surface area contributed by atoms with Crippen molar-refractivity contribution in [3.05, 3.63) is 54.1 Å². The predicted molar refractivity (Wildman–Crippen MR) is 121 cm³/mol. The number of methoxy groups -OCH3 is 1. The molecule has 2 aromatic rings. The number of benzene rings is 2. The van der Waals surface area contributed by atoms with Crippen LogP contribution in [0.1, 0.15) is 25.3 Å². The third-order valence-corrected chi connectivity index (χ3v) is 5.87. The van der Waals surface area contributed by atoms with Gasteiger partial charge in [0.2, 0.25) is 0 Å². The van der Waals surface area contributed by atoms with Gasteiger partial charge in [0.1, 0.15) is 17.1 Å². The molecule has 1 spiro atoms. The molecule has 2 amide bonds. The summed E-state index contributed by atoms with van der Waals surface area (Å²) in [5.41, 5.74) is 1.11. The molecule has 2 aromatic carbocycles. The van der Waals surface area contributed by atoms with Crippen molar-refractivity contribution >= 4 is 17.7 Å². The van der Waals surface area contributed by atoms with Crippen LogP contribution in [0.15, 0.2) is 53.7 Å². The maximum absolute atomic E-state index is 12.5. The number of nitrogens with zero attached hydrogens (tertiary/aromatic N) is 2. The Morgan fingerprint density at radius 1 is 1.06 bits per heavy atom. The van der Waals surface area contributed by atoms with Gasteiger partial charge in [-0.2, -0.15) is 0 Å². The average molecular weight is 453 g/mol. The second-order valence-corrected chi connectivity index (χ2v) is 8.06. The Kier molecular flexibility index (Phi) is 6.67. The molecule has 0 atom stereocenters. The lowest BCUT2D eigenvalue weighted by Gasteiger charge is -2.37. The summed E-state index contributed by atoms with van der Waals surface area (Å²) in [5, 5.41) is 6.85. The van der Waals surface area contributed by atoms with Crippen LogP contribution in [0.25, 0.3) is 0 Å². The molecule has 2 fully saturated rings. The normalized spacial score (nSPS) is 17.3. The van der Waals surface area contributed by atoms with E-state index < -0.39 is 5.60 Å². The van der Waals surface area contributed by atoms with Gasteiger partial charge in [-0.15, -0.1) is 0 Å². The van der Waals surface area contributed by atoms with E-state index in [1.807, 2.05) is 19.1 Å². The third-order valence-electron chi connectivity index (χ3n) is 5.87. The molecule has 2 heterocycles. The van der Waals surface area contributed by atoms with Gasteiger partial charge in [-0.3, -0.25) is 4.79 Å². The summed E-state index contributed by atoms with van der Waals surface area (Å²) in [4.78, 5) is 31.0. The third kappa shape index (κ3) is 5.54. The minimum absolute atomic E-state index is 0.0436. The Labute approximate surface area is 192 Å². The Bertz CT molecular complexity index is 1010. The lowest BCUT2D eigenvalue weighted by molar-refractivity contribution is -0.136. The number of amides is 2. The number of ether oxygens (including phenoxy) is 3. The molecule has 4 rings (SSSR count). The van der Waals surface area contributed by atoms with Gasteiger partial charge in [-0.25, -0.2) is 4.79 Å². The van der Waals surface area contributed by atoms with E-state index in [9.17, 15) is 9.59 Å². The number of nitrogens with one attached hydrogen (secondary N) is 1. The second-order valence-electron chi connectivity index (χ2n) is 8.06. The van der Waals surface area contributed by atoms with Crippen molar-refractivity contribution in [2.45, 2.75) is 25.4 Å². The summed E-state index contributed by atoms with van der Waals surface area (Å²) >= 11 is 0. The predicted octanol–water partition coefficient (Wildman–Crippen LogP) is 2.98. The molecule has 0 saturated carbocycles. The number of alkyl carbamates (subject to hydrolysis) is 1. The molecule has 1 N–H and O–H groups in total. The summed E-state index contributed by atoms with van der Waals surface area (Å²) in [6, 6.07) is 14.5. The van der Waals surface area contributed by atoms with E-state index >= 15 is 0 Å². The maximum Gasteiger partial charge on any atom is 0.407 e. The molecule has 2 saturated heterocycles. The number of piperidine rings is 1. The number of hydrogen-bond acceptors (Lipinski definition) is 7. The Hall–Kier alpha value is -3.75. The minimum atomic E-state index is -0.471. The first-order valence-electron chi connectivity index (χ1n) is 10.8. The molecule has 2 aliphatic heterocycles. The topological polar surface area (TPSA) is 98.7 Å². The molecule has 0 unspecified atom stereocenters. The van der Waals surface area contributed by atoms with Crippen LogP contribution in [-0.2, 0) is 9.53 Å². The fourth-order valence-electron chi connectivity index (χ4n) is 3.78. The SMILES string of the molecule is COc1ccc(ON=C(C)c2ccc(OCC(=O)N3CCC4(CC3)CNC(=O)O4)cc2)cc1. The van der Waals surface area contributed by atoms with Gasteiger partial charge in [0, 0.05) is 25.9 Å². The summed E-state index contributed by atoms with van der Waals surface area (Å²) in [5.74, 6) is 1.87. The molecule has 9 nitrogen and oxygen atoms in total. The molecule has 2 aliphatic rings. The highest BCUT2D eigenvalue weighted by atomic mass is 16.6. The van der Waals surface area contributed by atoms with Crippen LogP contribution < -0.4 is 19.6 Å². The van der Waals surface area contributed by atoms with Crippen molar-refractivity contribution in [1.82, 2.24) is 10.2 Å². The Morgan fingerprint density at radius 2 is 1.70 bits per heavy atom. The van der Waals surface area contributed by atoms with Crippen LogP contribution >= 0.6 is 0 Å². The minimum Gasteiger partial charge on any atom is -0.497 e. The molecule has 9 heteroatoms. The highest BCUT2D eigenvalue weighted by molar-refractivity contribution is 5.98. The van der Waals surface area contributed by atoms with Gasteiger partial charge in [-0.1, -0.05) is 5.16 Å². The molecule has 174 valence electrons. The molecule has 0 aromatic heterocycles. The van der Waals surface area contributed by atoms with Crippen LogP contribution in [0.2, 0.25) is 0 Å². The fraction of sp³-hybridized carbons (Fsp3) is 0.375. The zero-order chi connectivity index (χ0) is 23.3. The van der Waals surface area contributed by atoms with Crippen molar-refractivity contribution in [3.63, 3.8) is 0 Å². The first kappa shape index (κ1) is 22.4. The van der Waals surface area contributed by atoms with Gasteiger partial charge in [0.05, 0.1) is 19.4 Å². The Morgan fingerprint density at radius 3 is 2.30 bits per heavy atom. The van der Waals surface area contributed by atoms with Crippen molar-refractivity contribution in [2.24, 2.45) is 5.16 Å². The standard InChI is InChI=1S/C24H27N3O6/c1-17(26-33-21-9-7-19(30-2)8-10-21)18-3-5-20(6-4-18)31-15-22(28)27-13-11-24(12-14-27)16-25-23(29)32-24/h3-10H,11-16H2,1-2H3,(H,25,29). The Balaban J connectivity index is 1.24. The highest BCUT2D eigenvalue weighted by Gasteiger charge is 2.43. The van der Waals surface area contributed by atoms with E-state index in [0.717, 1.165) is 11.3 Å². The van der Waals surface area contributed by atoms with Crippen LogP contribution in [0.5, 0.6) is 17.2 Å². The van der Waals surface area contributed by atoms with Crippen LogP contribution in [0.3, 0.4) is 0 Å². The molecule has 33 heavy (non-hydrogen) atoms. The number of likely N-dealkylation sites (tertiary alicyclic amines) is 1. The number of oxime groups is 1. The molecular formula is C24H27N3O6. The molecule has 0 radical (unpaired) electrons. The first-order chi connectivity index (χ1) is 16.0. The maximum atomic E-state index is 12.5. The van der Waals surface area contributed by atoms with Crippen LogP contribution in [0, 0.1) is 0 Å². The smallest absolute Gasteiger partial charge is 0.407 e. The number of rotatable bonds is 7. The van der Waals surface area contributed by atoms with E-state index in [1.165, 1.54) is 0 Å². The van der Waals surface area contributed by atoms with Gasteiger partial charge in [-0.05, 0) is 61.0 Å². The van der Waals surface area contributed by atoms with E-state index in [4.69, 9.17) is 19.0 Å². The zero-order valence-electron chi connectivity index (χ0n) is 18.7. The number of hydrogen-bond donors (Lipinski definition) is 1. The van der Waals surface area contributed by atoms with Crippen LogP contribution in [0.4, 0.5) is 4.79 Å². The first-order valence-corrected chi connectivity index (χ1v) is 10.8. The van der Waals surface area contributed by atoms with E-state index in [1.54, 1.807) is 48.4 Å². The van der Waals surface area contributed by atoms with Gasteiger partial charge < -0.3 is 29.3 Å². The summed E-state index contributed by atoms with van der Waals surface area (Å²) in [6.07, 6.45) is 0.876. The van der Waals surface area contributed by atoms with Crippen LogP contribution in [-0.4, -0.2) is 61.6 Å². The van der Waals surface area contributed by atoms with Crippen molar-refractivity contribution < 1.29 is 28.6 Å². The van der Waals surface area contributed by atoms with Crippen molar-refractivity contribution in [2.75, 3.05) is 33.4 Å². The summed E-state index contributed by atoms with van der Waals surface area (Å²) in [6.45, 7) is 3.39. The highest BCUT2D eigenvalue weighted by Crippen LogP contribution is 2.29. The molecule has 0 aliphatic carbocycles. The van der Waals surface area contributed by atoms with Gasteiger partial charge >= 0.3 is 6.09 Å². The monoisotopic (exact) mass is 453 g/mol. The molecule has 0 bridgehead atoms. The lowest BCUT2D eigenvalue weighted by Crippen LogP contribution is -2.49. The van der Waals surface area contributed by atoms with Gasteiger partial charge in [0.15, 0.2) is 12.4 Å². The van der Waals surface area contributed by atoms with E-state index in [0.29, 0.717) is 49.7 Å². The second kappa shape index (κ2) is 9.81.